The maximum absolute atomic E-state index is 16.5. The number of nitrogens with one attached hydrogen (secondary N) is 2. The Hall–Kier alpha value is -4.74. The Labute approximate surface area is 320 Å². The van der Waals surface area contributed by atoms with Crippen molar-refractivity contribution in [2.75, 3.05) is 0 Å². The SMILES string of the molecule is CC(C)(C)OC(=O)N1[C@@H]2CCC[C@@H]2C[C@H]1c1ncc(-c2ccc3c(c2)C(F)(F)c2cc(-c4cnc([C@@H]5C[C@@H]6CCC[C@@H]6N5C(=O)OC(C)(C)C)[nH]4)ccc2-3)[nH]1. The molecule has 2 N–H and O–H groups in total. The fourth-order valence-electron chi connectivity index (χ4n) is 10.1. The number of rotatable bonds is 4. The molecule has 55 heavy (non-hydrogen) atoms. The third-order valence-corrected chi connectivity index (χ3v) is 12.3. The Balaban J connectivity index is 0.966. The second-order valence-corrected chi connectivity index (χ2v) is 18.3. The van der Waals surface area contributed by atoms with Crippen molar-refractivity contribution >= 4 is 12.2 Å². The summed E-state index contributed by atoms with van der Waals surface area (Å²) in [4.78, 5) is 46.7. The van der Waals surface area contributed by atoms with E-state index < -0.39 is 17.1 Å². The Morgan fingerprint density at radius 2 is 1.11 bits per heavy atom. The molecule has 2 amide bonds. The first-order valence-electron chi connectivity index (χ1n) is 19.9. The number of hydrogen-bond donors (Lipinski definition) is 2. The summed E-state index contributed by atoms with van der Waals surface area (Å²) in [5.74, 6) is -1.18. The Kier molecular flexibility index (Phi) is 8.26. The molecule has 0 unspecified atom stereocenters. The summed E-state index contributed by atoms with van der Waals surface area (Å²) in [6.07, 6.45) is 10.4. The Bertz CT molecular complexity index is 2010. The van der Waals surface area contributed by atoms with Gasteiger partial charge < -0.3 is 19.4 Å². The highest BCUT2D eigenvalue weighted by Crippen LogP contribution is 2.54. The fraction of sp³-hybridized carbons (Fsp3) is 0.535. The van der Waals surface area contributed by atoms with E-state index in [1.54, 1.807) is 36.7 Å². The van der Waals surface area contributed by atoms with Crippen molar-refractivity contribution in [3.05, 3.63) is 71.6 Å². The van der Waals surface area contributed by atoms with Crippen LogP contribution in [-0.4, -0.2) is 65.2 Å². The van der Waals surface area contributed by atoms with Crippen LogP contribution in [0.3, 0.4) is 0 Å². The van der Waals surface area contributed by atoms with E-state index in [-0.39, 0.29) is 47.5 Å². The van der Waals surface area contributed by atoms with E-state index in [0.29, 0.717) is 57.1 Å². The zero-order valence-electron chi connectivity index (χ0n) is 32.4. The van der Waals surface area contributed by atoms with Gasteiger partial charge in [-0.15, -0.1) is 0 Å². The number of carbonyl (C=O) groups excluding carboxylic acids is 2. The molecule has 10 nitrogen and oxygen atoms in total. The van der Waals surface area contributed by atoms with E-state index in [1.165, 1.54) is 0 Å². The smallest absolute Gasteiger partial charge is 0.411 e. The first kappa shape index (κ1) is 35.9. The zero-order valence-corrected chi connectivity index (χ0v) is 32.4. The van der Waals surface area contributed by atoms with Crippen LogP contribution in [-0.2, 0) is 15.4 Å². The lowest BCUT2D eigenvalue weighted by molar-refractivity contribution is 0.0120. The Morgan fingerprint density at radius 1 is 0.691 bits per heavy atom. The second-order valence-electron chi connectivity index (χ2n) is 18.3. The maximum Gasteiger partial charge on any atom is 0.411 e. The van der Waals surface area contributed by atoms with Crippen LogP contribution in [0.25, 0.3) is 33.6 Å². The number of alkyl halides is 2. The third-order valence-electron chi connectivity index (χ3n) is 12.3. The zero-order chi connectivity index (χ0) is 38.6. The summed E-state index contributed by atoms with van der Waals surface area (Å²) >= 11 is 0. The molecule has 2 aromatic carbocycles. The van der Waals surface area contributed by atoms with Gasteiger partial charge in [0, 0.05) is 34.3 Å². The number of halogens is 2. The van der Waals surface area contributed by atoms with Crippen LogP contribution < -0.4 is 0 Å². The van der Waals surface area contributed by atoms with Gasteiger partial charge in [0.15, 0.2) is 0 Å². The summed E-state index contributed by atoms with van der Waals surface area (Å²) in [6.45, 7) is 11.2. The van der Waals surface area contributed by atoms with Gasteiger partial charge in [-0.3, -0.25) is 9.80 Å². The maximum atomic E-state index is 16.5. The van der Waals surface area contributed by atoms with Crippen molar-refractivity contribution in [3.63, 3.8) is 0 Å². The van der Waals surface area contributed by atoms with Gasteiger partial charge in [-0.25, -0.2) is 19.6 Å². The number of nitrogens with zero attached hydrogens (tertiary/aromatic N) is 4. The molecule has 2 saturated heterocycles. The highest BCUT2D eigenvalue weighted by molar-refractivity contribution is 5.84. The summed E-state index contributed by atoms with van der Waals surface area (Å²) < 4.78 is 44.6. The number of ether oxygens (including phenoxy) is 2. The number of H-pyrrole nitrogens is 2. The van der Waals surface area contributed by atoms with Crippen LogP contribution in [0.1, 0.15) is 128 Å². The van der Waals surface area contributed by atoms with Crippen molar-refractivity contribution in [1.29, 1.82) is 0 Å². The number of carbonyl (C=O) groups is 2. The predicted octanol–water partition coefficient (Wildman–Crippen LogP) is 10.3. The van der Waals surface area contributed by atoms with Crippen molar-refractivity contribution in [3.8, 4) is 33.6 Å². The van der Waals surface area contributed by atoms with Crippen molar-refractivity contribution in [2.45, 2.75) is 134 Å². The van der Waals surface area contributed by atoms with Gasteiger partial charge in [0.25, 0.3) is 5.92 Å². The molecule has 5 aliphatic rings. The minimum absolute atomic E-state index is 0.0603. The number of aromatic nitrogens is 4. The number of benzene rings is 2. The minimum Gasteiger partial charge on any atom is -0.444 e. The first-order chi connectivity index (χ1) is 26.1. The number of hydrogen-bond acceptors (Lipinski definition) is 6. The standard InChI is InChI=1S/C43H50F2N6O4/c1-41(2,3)54-39(52)50-33-11-7-9-25(33)19-35(50)37-46-21-31(48-37)23-13-15-27-28-16-14-24(18-30(28)43(44,45)29(27)17-23)32-22-47-38(49-32)36-20-26-10-8-12-34(26)51(36)40(53)55-42(4,5)6/h13-18,21-22,25-26,33-36H,7-12,19-20H2,1-6H3,(H,46,48)(H,47,49)/t25-,26+,33-,34+,35-,36-/m0/s1. The minimum atomic E-state index is -3.24. The lowest BCUT2D eigenvalue weighted by Crippen LogP contribution is -2.41. The largest absolute Gasteiger partial charge is 0.444 e. The number of amides is 2. The van der Waals surface area contributed by atoms with Gasteiger partial charge in [0.2, 0.25) is 0 Å². The van der Waals surface area contributed by atoms with Gasteiger partial charge in [-0.1, -0.05) is 37.1 Å². The second kappa shape index (κ2) is 12.6. The molecule has 0 bridgehead atoms. The molecule has 0 spiro atoms. The topological polar surface area (TPSA) is 116 Å². The number of likely N-dealkylation sites (tertiary alicyclic amines) is 2. The van der Waals surface area contributed by atoms with Crippen LogP contribution >= 0.6 is 0 Å². The Morgan fingerprint density at radius 3 is 1.51 bits per heavy atom. The first-order valence-corrected chi connectivity index (χ1v) is 19.9. The van der Waals surface area contributed by atoms with Crippen LogP contribution in [0, 0.1) is 11.8 Å². The number of aromatic amines is 2. The lowest BCUT2D eigenvalue weighted by Gasteiger charge is -2.31. The highest BCUT2D eigenvalue weighted by Gasteiger charge is 2.51. The highest BCUT2D eigenvalue weighted by atomic mass is 19.3. The predicted molar refractivity (Wildman–Crippen MR) is 203 cm³/mol. The molecular formula is C43H50F2N6O4. The summed E-state index contributed by atoms with van der Waals surface area (Å²) in [6, 6.07) is 10.00. The summed E-state index contributed by atoms with van der Waals surface area (Å²) in [5, 5.41) is 0. The van der Waals surface area contributed by atoms with Gasteiger partial charge >= 0.3 is 12.2 Å². The van der Waals surface area contributed by atoms with Crippen molar-refractivity contribution < 1.29 is 27.8 Å². The normalized spacial score (nSPS) is 26.5. The van der Waals surface area contributed by atoms with Crippen LogP contribution in [0.2, 0.25) is 0 Å². The van der Waals surface area contributed by atoms with Gasteiger partial charge in [-0.2, -0.15) is 8.78 Å². The molecule has 0 radical (unpaired) electrons. The molecule has 290 valence electrons. The van der Waals surface area contributed by atoms with E-state index >= 15 is 8.78 Å². The van der Waals surface area contributed by atoms with Crippen molar-refractivity contribution in [1.82, 2.24) is 29.7 Å². The molecule has 2 aromatic heterocycles. The average Bonchev–Trinajstić information content (AvgIpc) is 3.95. The van der Waals surface area contributed by atoms with E-state index in [9.17, 15) is 9.59 Å². The molecule has 2 aliphatic heterocycles. The molecule has 9 rings (SSSR count). The van der Waals surface area contributed by atoms with Crippen molar-refractivity contribution in [2.24, 2.45) is 11.8 Å². The summed E-state index contributed by atoms with van der Waals surface area (Å²) in [7, 11) is 0. The van der Waals surface area contributed by atoms with E-state index in [0.717, 1.165) is 51.4 Å². The molecular weight excluding hydrogens is 703 g/mol. The summed E-state index contributed by atoms with van der Waals surface area (Å²) in [5.41, 5.74) is 2.05. The number of fused-ring (bicyclic) bond motifs is 5. The monoisotopic (exact) mass is 752 g/mol. The lowest BCUT2D eigenvalue weighted by atomic mass is 10.0. The molecule has 4 fully saturated rings. The molecule has 4 heterocycles. The van der Waals surface area contributed by atoms with Crippen LogP contribution in [0.4, 0.5) is 18.4 Å². The third kappa shape index (κ3) is 6.20. The molecule has 6 atom stereocenters. The van der Waals surface area contributed by atoms with E-state index in [2.05, 4.69) is 9.97 Å². The van der Waals surface area contributed by atoms with Gasteiger partial charge in [0.1, 0.15) is 22.9 Å². The molecule has 3 aliphatic carbocycles. The van der Waals surface area contributed by atoms with E-state index in [1.807, 2.05) is 63.5 Å². The average molecular weight is 753 g/mol. The molecule has 2 saturated carbocycles. The van der Waals surface area contributed by atoms with Gasteiger partial charge in [-0.05, 0) is 115 Å². The van der Waals surface area contributed by atoms with Crippen LogP contribution in [0.15, 0.2) is 48.8 Å². The van der Waals surface area contributed by atoms with Crippen LogP contribution in [0.5, 0.6) is 0 Å². The quantitative estimate of drug-likeness (QED) is 0.214. The van der Waals surface area contributed by atoms with E-state index in [4.69, 9.17) is 19.4 Å². The van der Waals surface area contributed by atoms with Gasteiger partial charge in [0.05, 0.1) is 35.9 Å². The molecule has 12 heteroatoms. The molecule has 4 aromatic rings. The number of imidazole rings is 2. The fourth-order valence-corrected chi connectivity index (χ4v) is 10.1.